The van der Waals surface area contributed by atoms with Gasteiger partial charge in [0, 0.05) is 51.1 Å². The number of aromatic nitrogens is 9. The van der Waals surface area contributed by atoms with Crippen molar-refractivity contribution < 1.29 is 0 Å². The van der Waals surface area contributed by atoms with Gasteiger partial charge in [0.25, 0.3) is 0 Å². The van der Waals surface area contributed by atoms with Crippen LogP contribution < -0.4 is 0 Å². The number of hydrogen-bond acceptors (Lipinski definition) is 9. The summed E-state index contributed by atoms with van der Waals surface area (Å²) in [6, 6.07) is 36.0. The molecule has 0 N–H and O–H groups in total. The Bertz CT molecular complexity index is 2280. The van der Waals surface area contributed by atoms with Crippen LogP contribution in [0.25, 0.3) is 68.3 Å². The lowest BCUT2D eigenvalue weighted by Crippen LogP contribution is -2.08. The van der Waals surface area contributed by atoms with Crippen LogP contribution in [0.2, 0.25) is 0 Å². The van der Waals surface area contributed by atoms with Crippen molar-refractivity contribution in [3.05, 3.63) is 127 Å². The van der Waals surface area contributed by atoms with E-state index in [-0.39, 0.29) is 17.8 Å². The highest BCUT2D eigenvalue weighted by atomic mass is 15.1. The van der Waals surface area contributed by atoms with Crippen LogP contribution in [0, 0.1) is 0 Å². The van der Waals surface area contributed by atoms with Crippen molar-refractivity contribution in [1.82, 2.24) is 44.9 Å². The fourth-order valence-corrected chi connectivity index (χ4v) is 5.50. The van der Waals surface area contributed by atoms with E-state index < -0.39 is 0 Å². The van der Waals surface area contributed by atoms with Gasteiger partial charge in [0.2, 0.25) is 0 Å². The second-order valence-electron chi connectivity index (χ2n) is 13.4. The Labute approximate surface area is 298 Å². The zero-order valence-electron chi connectivity index (χ0n) is 29.6. The fourth-order valence-electron chi connectivity index (χ4n) is 5.50. The SMILES string of the molecule is CC(C)c1nc(-c2ccccc2)nc(-c2cccc(-c3nc(-c4ccccc4)nc(-c4cccc(-c5nc(C(C)C)nc(C(C)C)n5)c4)n3)c2)n1. The molecule has 51 heavy (non-hydrogen) atoms. The molecule has 9 nitrogen and oxygen atoms in total. The number of nitrogens with zero attached hydrogens (tertiary/aromatic N) is 9. The summed E-state index contributed by atoms with van der Waals surface area (Å²) in [6.07, 6.45) is 0. The van der Waals surface area contributed by atoms with E-state index in [4.69, 9.17) is 44.9 Å². The molecule has 0 saturated heterocycles. The molecule has 0 atom stereocenters. The molecule has 0 amide bonds. The highest BCUT2D eigenvalue weighted by Crippen LogP contribution is 2.30. The number of rotatable bonds is 9. The van der Waals surface area contributed by atoms with Crippen LogP contribution in [-0.4, -0.2) is 44.9 Å². The van der Waals surface area contributed by atoms with E-state index in [0.717, 1.165) is 50.9 Å². The summed E-state index contributed by atoms with van der Waals surface area (Å²) in [5.74, 6) is 6.28. The lowest BCUT2D eigenvalue weighted by atomic mass is 10.1. The van der Waals surface area contributed by atoms with Gasteiger partial charge in [-0.3, -0.25) is 0 Å². The van der Waals surface area contributed by atoms with Crippen LogP contribution in [0.15, 0.2) is 109 Å². The Hall–Kier alpha value is -6.09. The van der Waals surface area contributed by atoms with E-state index in [1.165, 1.54) is 0 Å². The molecular weight excluding hydrogens is 631 g/mol. The van der Waals surface area contributed by atoms with Crippen molar-refractivity contribution in [2.75, 3.05) is 0 Å². The predicted octanol–water partition coefficient (Wildman–Crippen LogP) is 9.61. The van der Waals surface area contributed by atoms with E-state index in [2.05, 4.69) is 41.5 Å². The van der Waals surface area contributed by atoms with Gasteiger partial charge in [0.05, 0.1) is 0 Å². The summed E-state index contributed by atoms with van der Waals surface area (Å²) in [7, 11) is 0. The van der Waals surface area contributed by atoms with Crippen molar-refractivity contribution in [3.8, 4) is 68.3 Å². The molecule has 0 spiro atoms. The number of hydrogen-bond donors (Lipinski definition) is 0. The molecule has 3 aromatic heterocycles. The largest absolute Gasteiger partial charge is 0.217 e. The molecule has 0 fully saturated rings. The molecule has 0 aliphatic heterocycles. The molecule has 7 aromatic rings. The minimum absolute atomic E-state index is 0.124. The Morgan fingerprint density at radius 1 is 0.275 bits per heavy atom. The predicted molar refractivity (Wildman–Crippen MR) is 201 cm³/mol. The van der Waals surface area contributed by atoms with Crippen LogP contribution in [0.3, 0.4) is 0 Å². The molecule has 0 saturated carbocycles. The monoisotopic (exact) mass is 669 g/mol. The van der Waals surface area contributed by atoms with Gasteiger partial charge < -0.3 is 0 Å². The van der Waals surface area contributed by atoms with E-state index in [9.17, 15) is 0 Å². The molecule has 9 heteroatoms. The van der Waals surface area contributed by atoms with Gasteiger partial charge >= 0.3 is 0 Å². The quantitative estimate of drug-likeness (QED) is 0.148. The van der Waals surface area contributed by atoms with E-state index in [0.29, 0.717) is 34.9 Å². The maximum absolute atomic E-state index is 5.04. The van der Waals surface area contributed by atoms with Crippen molar-refractivity contribution in [2.24, 2.45) is 0 Å². The summed E-state index contributed by atoms with van der Waals surface area (Å²) < 4.78 is 0. The summed E-state index contributed by atoms with van der Waals surface area (Å²) in [4.78, 5) is 44.0. The van der Waals surface area contributed by atoms with Crippen LogP contribution in [0.1, 0.15) is 76.8 Å². The van der Waals surface area contributed by atoms with Gasteiger partial charge in [-0.1, -0.05) is 139 Å². The standard InChI is InChI=1S/C42H39N9/c1-25(2)34-43-35(26(3)4)46-39(45-34)30-19-13-21-32(23-30)41-49-38(29-17-11-8-12-18-29)50-42(51-41)33-22-14-20-31(24-33)40-47-36(27(5)6)44-37(48-40)28-15-9-7-10-16-28/h7-27H,1-6H3. The van der Waals surface area contributed by atoms with Gasteiger partial charge in [0.15, 0.2) is 34.9 Å². The van der Waals surface area contributed by atoms with Crippen molar-refractivity contribution in [3.63, 3.8) is 0 Å². The van der Waals surface area contributed by atoms with Gasteiger partial charge in [-0.25, -0.2) is 44.9 Å². The lowest BCUT2D eigenvalue weighted by molar-refractivity contribution is 0.697. The van der Waals surface area contributed by atoms with Gasteiger partial charge in [-0.2, -0.15) is 0 Å². The summed E-state index contributed by atoms with van der Waals surface area (Å²) in [5.41, 5.74) is 5.19. The van der Waals surface area contributed by atoms with Gasteiger partial charge in [0.1, 0.15) is 17.5 Å². The van der Waals surface area contributed by atoms with Crippen molar-refractivity contribution >= 4 is 0 Å². The van der Waals surface area contributed by atoms with Crippen LogP contribution in [0.5, 0.6) is 0 Å². The third kappa shape index (κ3) is 7.43. The number of benzene rings is 4. The fraction of sp³-hybridized carbons (Fsp3) is 0.214. The molecule has 0 aliphatic carbocycles. The second kappa shape index (κ2) is 14.4. The first kappa shape index (κ1) is 33.4. The Balaban J connectivity index is 1.34. The molecule has 7 rings (SSSR count). The van der Waals surface area contributed by atoms with Crippen molar-refractivity contribution in [1.29, 1.82) is 0 Å². The molecule has 3 heterocycles. The lowest BCUT2D eigenvalue weighted by Gasteiger charge is -2.13. The zero-order valence-corrected chi connectivity index (χ0v) is 29.6. The molecule has 0 aliphatic rings. The second-order valence-corrected chi connectivity index (χ2v) is 13.4. The highest BCUT2D eigenvalue weighted by molar-refractivity contribution is 5.72. The average Bonchev–Trinajstić information content (AvgIpc) is 3.18. The Morgan fingerprint density at radius 3 is 0.882 bits per heavy atom. The summed E-state index contributed by atoms with van der Waals surface area (Å²) >= 11 is 0. The molecule has 0 unspecified atom stereocenters. The molecular formula is C42H39N9. The first-order chi connectivity index (χ1) is 24.7. The summed E-state index contributed by atoms with van der Waals surface area (Å²) in [6.45, 7) is 12.6. The average molecular weight is 670 g/mol. The summed E-state index contributed by atoms with van der Waals surface area (Å²) in [5, 5.41) is 0. The topological polar surface area (TPSA) is 116 Å². The van der Waals surface area contributed by atoms with Crippen LogP contribution in [-0.2, 0) is 0 Å². The normalized spacial score (nSPS) is 11.5. The smallest absolute Gasteiger partial charge is 0.164 e. The minimum atomic E-state index is 0.124. The van der Waals surface area contributed by atoms with Crippen molar-refractivity contribution in [2.45, 2.75) is 59.3 Å². The van der Waals surface area contributed by atoms with Gasteiger partial charge in [-0.15, -0.1) is 0 Å². The minimum Gasteiger partial charge on any atom is -0.217 e. The molecule has 0 bridgehead atoms. The van der Waals surface area contributed by atoms with E-state index in [1.54, 1.807) is 0 Å². The first-order valence-corrected chi connectivity index (χ1v) is 17.3. The van der Waals surface area contributed by atoms with Crippen LogP contribution >= 0.6 is 0 Å². The van der Waals surface area contributed by atoms with E-state index >= 15 is 0 Å². The Kier molecular flexibility index (Phi) is 9.44. The van der Waals surface area contributed by atoms with Crippen LogP contribution in [0.4, 0.5) is 0 Å². The molecule has 4 aromatic carbocycles. The highest BCUT2D eigenvalue weighted by Gasteiger charge is 2.18. The Morgan fingerprint density at radius 2 is 0.529 bits per heavy atom. The van der Waals surface area contributed by atoms with Gasteiger partial charge in [-0.05, 0) is 12.1 Å². The first-order valence-electron chi connectivity index (χ1n) is 17.3. The maximum Gasteiger partial charge on any atom is 0.164 e. The third-order valence-corrected chi connectivity index (χ3v) is 8.33. The molecule has 252 valence electrons. The zero-order chi connectivity index (χ0) is 35.5. The third-order valence-electron chi connectivity index (χ3n) is 8.33. The maximum atomic E-state index is 5.04. The van der Waals surface area contributed by atoms with E-state index in [1.807, 2.05) is 109 Å². The molecule has 0 radical (unpaired) electrons.